The monoisotopic (exact) mass is 384 g/mol. The van der Waals surface area contributed by atoms with Crippen LogP contribution >= 0.6 is 0 Å². The average Bonchev–Trinajstić information content (AvgIpc) is 3.02. The van der Waals surface area contributed by atoms with Crippen molar-refractivity contribution in [1.29, 1.82) is 0 Å². The van der Waals surface area contributed by atoms with Crippen LogP contribution in [-0.4, -0.2) is 33.0 Å². The number of unbranched alkanes of at least 4 members (excludes halogenated alkanes) is 3. The van der Waals surface area contributed by atoms with Gasteiger partial charge in [-0.25, -0.2) is 0 Å². The van der Waals surface area contributed by atoms with Gasteiger partial charge in [0.15, 0.2) is 0 Å². The highest BCUT2D eigenvalue weighted by atomic mass is 16.7. The molecule has 4 N–H and O–H groups in total. The number of aliphatic hydroxyl groups excluding tert-OH is 1. The van der Waals surface area contributed by atoms with Crippen molar-refractivity contribution in [2.75, 3.05) is 6.61 Å². The van der Waals surface area contributed by atoms with Crippen LogP contribution in [0.4, 0.5) is 0 Å². The van der Waals surface area contributed by atoms with Crippen molar-refractivity contribution >= 4 is 0 Å². The van der Waals surface area contributed by atoms with Crippen LogP contribution in [0.3, 0.4) is 0 Å². The third-order valence-corrected chi connectivity index (χ3v) is 6.37. The van der Waals surface area contributed by atoms with E-state index in [0.29, 0.717) is 11.8 Å². The first-order chi connectivity index (χ1) is 12.7. The second-order valence-corrected chi connectivity index (χ2v) is 9.46. The lowest BCUT2D eigenvalue weighted by molar-refractivity contribution is -0.346. The fraction of sp³-hybridized carbons (Fsp3) is 0.913. The molecule has 1 unspecified atom stereocenters. The van der Waals surface area contributed by atoms with Gasteiger partial charge in [0.1, 0.15) is 0 Å². The Kier molecular flexibility index (Phi) is 11.1. The maximum absolute atomic E-state index is 9.17. The summed E-state index contributed by atoms with van der Waals surface area (Å²) in [7, 11) is 0. The van der Waals surface area contributed by atoms with Crippen molar-refractivity contribution in [3.8, 4) is 0 Å². The van der Waals surface area contributed by atoms with E-state index in [1.165, 1.54) is 51.4 Å². The van der Waals surface area contributed by atoms with E-state index in [9.17, 15) is 15.3 Å². The largest absolute Gasteiger partial charge is 0.396 e. The highest BCUT2D eigenvalue weighted by Crippen LogP contribution is 2.37. The third kappa shape index (κ3) is 10.1. The molecule has 4 nitrogen and oxygen atoms in total. The summed E-state index contributed by atoms with van der Waals surface area (Å²) in [5.41, 5.74) is 0.408. The Hall–Kier alpha value is -0.420. The molecule has 3 atom stereocenters. The van der Waals surface area contributed by atoms with Crippen molar-refractivity contribution in [2.24, 2.45) is 23.2 Å². The Balaban J connectivity index is 2.28. The Labute approximate surface area is 166 Å². The first-order valence-corrected chi connectivity index (χ1v) is 11.1. The Morgan fingerprint density at radius 2 is 1.78 bits per heavy atom. The number of allylic oxidation sites excluding steroid dienone is 2. The zero-order chi connectivity index (χ0) is 20.3. The van der Waals surface area contributed by atoms with Gasteiger partial charge in [0, 0.05) is 0 Å². The van der Waals surface area contributed by atoms with Gasteiger partial charge in [0.05, 0.1) is 12.5 Å². The van der Waals surface area contributed by atoms with Crippen molar-refractivity contribution < 1.29 is 20.4 Å². The lowest BCUT2D eigenvalue weighted by Crippen LogP contribution is -2.39. The summed E-state index contributed by atoms with van der Waals surface area (Å²) >= 11 is 0. The summed E-state index contributed by atoms with van der Waals surface area (Å²) in [6, 6.07) is 0. The zero-order valence-electron chi connectivity index (χ0n) is 17.9. The highest BCUT2D eigenvalue weighted by molar-refractivity contribution is 4.96. The van der Waals surface area contributed by atoms with E-state index in [1.807, 2.05) is 0 Å². The van der Waals surface area contributed by atoms with Crippen LogP contribution in [0.5, 0.6) is 0 Å². The molecule has 0 heterocycles. The van der Waals surface area contributed by atoms with Gasteiger partial charge in [-0.2, -0.15) is 0 Å². The molecule has 1 aliphatic rings. The van der Waals surface area contributed by atoms with E-state index < -0.39 is 18.5 Å². The van der Waals surface area contributed by atoms with Crippen molar-refractivity contribution in [3.63, 3.8) is 0 Å². The molecule has 160 valence electrons. The van der Waals surface area contributed by atoms with E-state index in [-0.39, 0.29) is 0 Å². The second kappa shape index (κ2) is 12.2. The van der Waals surface area contributed by atoms with Gasteiger partial charge in [-0.15, -0.1) is 0 Å². The molecule has 0 radical (unpaired) electrons. The molecule has 0 aromatic rings. The maximum Gasteiger partial charge on any atom is 0.280 e. The molecule has 1 fully saturated rings. The van der Waals surface area contributed by atoms with Crippen LogP contribution in [0, 0.1) is 23.2 Å². The van der Waals surface area contributed by atoms with E-state index in [4.69, 9.17) is 5.11 Å². The molecule has 1 rings (SSSR count). The number of rotatable bonds is 14. The van der Waals surface area contributed by atoms with Gasteiger partial charge >= 0.3 is 0 Å². The molecule has 1 saturated carbocycles. The minimum atomic E-state index is -2.76. The third-order valence-electron chi connectivity index (χ3n) is 6.37. The van der Waals surface area contributed by atoms with Gasteiger partial charge in [-0.3, -0.25) is 0 Å². The second-order valence-electron chi connectivity index (χ2n) is 9.46. The topological polar surface area (TPSA) is 80.9 Å². The lowest BCUT2D eigenvalue weighted by atomic mass is 9.83. The van der Waals surface area contributed by atoms with E-state index in [2.05, 4.69) is 32.9 Å². The van der Waals surface area contributed by atoms with Crippen LogP contribution in [-0.2, 0) is 0 Å². The van der Waals surface area contributed by atoms with Crippen LogP contribution in [0.2, 0.25) is 0 Å². The highest BCUT2D eigenvalue weighted by Gasteiger charge is 2.31. The van der Waals surface area contributed by atoms with E-state index >= 15 is 0 Å². The molecule has 0 aromatic carbocycles. The molecular formula is C23H44O4. The van der Waals surface area contributed by atoms with E-state index in [1.54, 1.807) is 0 Å². The molecule has 0 aliphatic heterocycles. The molecule has 27 heavy (non-hydrogen) atoms. The zero-order valence-corrected chi connectivity index (χ0v) is 17.9. The number of hydrogen-bond acceptors (Lipinski definition) is 4. The molecule has 4 heteroatoms. The predicted molar refractivity (Wildman–Crippen MR) is 111 cm³/mol. The van der Waals surface area contributed by atoms with Gasteiger partial charge in [0.25, 0.3) is 5.97 Å². The molecule has 1 aliphatic carbocycles. The normalized spacial score (nSPS) is 22.6. The smallest absolute Gasteiger partial charge is 0.280 e. The fourth-order valence-corrected chi connectivity index (χ4v) is 4.38. The summed E-state index contributed by atoms with van der Waals surface area (Å²) in [5, 5.41) is 36.6. The Morgan fingerprint density at radius 3 is 2.41 bits per heavy atom. The van der Waals surface area contributed by atoms with Gasteiger partial charge in [-0.1, -0.05) is 71.4 Å². The van der Waals surface area contributed by atoms with E-state index in [0.717, 1.165) is 31.1 Å². The Morgan fingerprint density at radius 1 is 1.04 bits per heavy atom. The summed E-state index contributed by atoms with van der Waals surface area (Å²) in [6.45, 7) is 6.59. The first-order valence-electron chi connectivity index (χ1n) is 11.1. The average molecular weight is 385 g/mol. The van der Waals surface area contributed by atoms with Crippen molar-refractivity contribution in [1.82, 2.24) is 0 Å². The van der Waals surface area contributed by atoms with Crippen LogP contribution in [0.1, 0.15) is 97.8 Å². The first kappa shape index (κ1) is 24.6. The molecule has 0 saturated heterocycles. The summed E-state index contributed by atoms with van der Waals surface area (Å²) in [5.74, 6) is -2.14. The predicted octanol–water partition coefficient (Wildman–Crippen LogP) is 4.76. The van der Waals surface area contributed by atoms with Gasteiger partial charge < -0.3 is 20.4 Å². The molecule has 0 amide bonds. The molecule has 0 aromatic heterocycles. The summed E-state index contributed by atoms with van der Waals surface area (Å²) < 4.78 is 0. The maximum atomic E-state index is 9.17. The van der Waals surface area contributed by atoms with Crippen LogP contribution < -0.4 is 0 Å². The van der Waals surface area contributed by atoms with Gasteiger partial charge in [0.2, 0.25) is 0 Å². The van der Waals surface area contributed by atoms with Crippen molar-refractivity contribution in [3.05, 3.63) is 12.2 Å². The molecular weight excluding hydrogens is 340 g/mol. The minimum Gasteiger partial charge on any atom is -0.396 e. The van der Waals surface area contributed by atoms with Crippen LogP contribution in [0.25, 0.3) is 0 Å². The SMILES string of the molecule is CCCCC(C)(C)C/C=C/[C@H]1CCC[C@@H]1CCCCCC(CO)C(O)(O)O. The minimum absolute atomic E-state index is 0.408. The van der Waals surface area contributed by atoms with Crippen LogP contribution in [0.15, 0.2) is 12.2 Å². The quantitative estimate of drug-likeness (QED) is 0.198. The van der Waals surface area contributed by atoms with Crippen molar-refractivity contribution in [2.45, 2.75) is 104 Å². The molecule has 0 spiro atoms. The number of aliphatic hydroxyl groups is 4. The Bertz CT molecular complexity index is 411. The summed E-state index contributed by atoms with van der Waals surface area (Å²) in [6.07, 6.45) is 18.5. The lowest BCUT2D eigenvalue weighted by Gasteiger charge is -2.24. The summed E-state index contributed by atoms with van der Waals surface area (Å²) in [4.78, 5) is 0. The van der Waals surface area contributed by atoms with Gasteiger partial charge in [-0.05, 0) is 55.8 Å². The number of hydrogen-bond donors (Lipinski definition) is 4. The molecule has 0 bridgehead atoms. The standard InChI is InChI=1S/C23H44O4/c1-4-5-16-22(2,3)17-10-14-20-13-9-12-19(20)11-7-6-8-15-21(18-24)23(25,26)27/h10,14,19-21,24-27H,4-9,11-13,15-18H2,1-3H3/b14-10+/t19-,20+,21?/m0/s1. The fourth-order valence-electron chi connectivity index (χ4n) is 4.38.